The van der Waals surface area contributed by atoms with Gasteiger partial charge < -0.3 is 4.90 Å². The van der Waals surface area contributed by atoms with Crippen molar-refractivity contribution in [3.63, 3.8) is 0 Å². The van der Waals surface area contributed by atoms with E-state index in [1.165, 1.54) is 0 Å². The second-order valence-corrected chi connectivity index (χ2v) is 5.56. The van der Waals surface area contributed by atoms with E-state index in [9.17, 15) is 4.79 Å². The lowest BCUT2D eigenvalue weighted by Crippen LogP contribution is -2.07. The minimum atomic E-state index is -0.0539. The first-order chi connectivity index (χ1) is 8.91. The lowest BCUT2D eigenvalue weighted by molar-refractivity contribution is 0.104. The summed E-state index contributed by atoms with van der Waals surface area (Å²) in [5.41, 5.74) is 3.41. The number of carbonyl (C=O) groups is 1. The van der Waals surface area contributed by atoms with Gasteiger partial charge in [0.25, 0.3) is 0 Å². The van der Waals surface area contributed by atoms with Crippen LogP contribution in [0.5, 0.6) is 0 Å². The Bertz CT molecular complexity index is 671. The fourth-order valence-corrected chi connectivity index (χ4v) is 2.43. The summed E-state index contributed by atoms with van der Waals surface area (Å²) in [6.07, 6.45) is 4.92. The average Bonchev–Trinajstić information content (AvgIpc) is 2.78. The van der Waals surface area contributed by atoms with Crippen LogP contribution in [0.1, 0.15) is 21.7 Å². The monoisotopic (exact) mass is 321 g/mol. The lowest BCUT2D eigenvalue weighted by atomic mass is 10.2. The van der Waals surface area contributed by atoms with Gasteiger partial charge in [-0.15, -0.1) is 0 Å². The number of aryl methyl sites for hydroxylation is 2. The number of allylic oxidation sites excluding steroid dienone is 1. The smallest absolute Gasteiger partial charge is 0.205 e. The first-order valence-corrected chi connectivity index (χ1v) is 6.73. The first-order valence-electron chi connectivity index (χ1n) is 5.94. The van der Waals surface area contributed by atoms with Gasteiger partial charge in [-0.2, -0.15) is 0 Å². The van der Waals surface area contributed by atoms with Gasteiger partial charge in [-0.1, -0.05) is 0 Å². The highest BCUT2D eigenvalue weighted by molar-refractivity contribution is 9.10. The molecular weight excluding hydrogens is 306 g/mol. The van der Waals surface area contributed by atoms with Gasteiger partial charge in [0.2, 0.25) is 5.78 Å². The number of nitrogens with zero attached hydrogens (tertiary/aromatic N) is 3. The third kappa shape index (κ3) is 2.56. The van der Waals surface area contributed by atoms with Crippen LogP contribution < -0.4 is 0 Å². The summed E-state index contributed by atoms with van der Waals surface area (Å²) in [7, 11) is 3.76. The Morgan fingerprint density at radius 2 is 2.11 bits per heavy atom. The van der Waals surface area contributed by atoms with Crippen molar-refractivity contribution in [2.45, 2.75) is 13.8 Å². The van der Waals surface area contributed by atoms with Gasteiger partial charge in [-0.3, -0.25) is 9.20 Å². The van der Waals surface area contributed by atoms with Crippen molar-refractivity contribution in [3.05, 3.63) is 46.0 Å². The van der Waals surface area contributed by atoms with Gasteiger partial charge in [0, 0.05) is 36.5 Å². The standard InChI is InChI=1S/C14H16BrN3O/c1-9-7-11(15)10(2)18-12(8-16-14(9)18)13(19)5-6-17(3)4/h5-8H,1-4H3. The molecule has 0 radical (unpaired) electrons. The second-order valence-electron chi connectivity index (χ2n) is 4.71. The molecule has 0 amide bonds. The predicted molar refractivity (Wildman–Crippen MR) is 79.5 cm³/mol. The molecule has 0 atom stereocenters. The molecule has 4 nitrogen and oxygen atoms in total. The van der Waals surface area contributed by atoms with Crippen LogP contribution in [-0.4, -0.2) is 34.2 Å². The molecule has 5 heteroatoms. The maximum absolute atomic E-state index is 12.2. The minimum absolute atomic E-state index is 0.0539. The molecule has 0 aliphatic rings. The molecule has 0 unspecified atom stereocenters. The molecule has 0 aliphatic heterocycles. The maximum atomic E-state index is 12.2. The van der Waals surface area contributed by atoms with Crippen molar-refractivity contribution in [1.29, 1.82) is 0 Å². The van der Waals surface area contributed by atoms with Gasteiger partial charge in [0.15, 0.2) is 0 Å². The molecule has 2 aromatic heterocycles. The third-order valence-electron chi connectivity index (χ3n) is 2.92. The molecule has 100 valence electrons. The number of ketones is 1. The summed E-state index contributed by atoms with van der Waals surface area (Å²) in [5, 5.41) is 0. The number of pyridine rings is 1. The summed E-state index contributed by atoms with van der Waals surface area (Å²) in [6.45, 7) is 3.95. The van der Waals surface area contributed by atoms with E-state index in [0.717, 1.165) is 21.4 Å². The van der Waals surface area contributed by atoms with Crippen LogP contribution in [0.25, 0.3) is 5.65 Å². The van der Waals surface area contributed by atoms with Crippen LogP contribution in [-0.2, 0) is 0 Å². The zero-order chi connectivity index (χ0) is 14.2. The van der Waals surface area contributed by atoms with Crippen LogP contribution in [0, 0.1) is 13.8 Å². The number of halogens is 1. The van der Waals surface area contributed by atoms with Crippen LogP contribution in [0.3, 0.4) is 0 Å². The number of hydrogen-bond donors (Lipinski definition) is 0. The van der Waals surface area contributed by atoms with Gasteiger partial charge in [-0.25, -0.2) is 4.98 Å². The van der Waals surface area contributed by atoms with E-state index in [2.05, 4.69) is 20.9 Å². The topological polar surface area (TPSA) is 37.6 Å². The van der Waals surface area contributed by atoms with Crippen molar-refractivity contribution in [2.75, 3.05) is 14.1 Å². The number of fused-ring (bicyclic) bond motifs is 1. The van der Waals surface area contributed by atoms with Crippen molar-refractivity contribution < 1.29 is 4.79 Å². The number of carbonyl (C=O) groups excluding carboxylic acids is 1. The SMILES string of the molecule is Cc1cc(Br)c(C)n2c(C(=O)C=CN(C)C)cnc12. The largest absolute Gasteiger partial charge is 0.383 e. The Morgan fingerprint density at radius 3 is 2.74 bits per heavy atom. The maximum Gasteiger partial charge on any atom is 0.205 e. The Labute approximate surface area is 120 Å². The average molecular weight is 322 g/mol. The number of aromatic nitrogens is 2. The van der Waals surface area contributed by atoms with Crippen molar-refractivity contribution >= 4 is 27.4 Å². The fourth-order valence-electron chi connectivity index (χ4n) is 1.91. The molecule has 0 aliphatic carbocycles. The van der Waals surface area contributed by atoms with E-state index < -0.39 is 0 Å². The van der Waals surface area contributed by atoms with Gasteiger partial charge in [-0.05, 0) is 41.4 Å². The summed E-state index contributed by atoms with van der Waals surface area (Å²) in [4.78, 5) is 18.4. The zero-order valence-corrected chi connectivity index (χ0v) is 13.0. The van der Waals surface area contributed by atoms with Crippen LogP contribution >= 0.6 is 15.9 Å². The second kappa shape index (κ2) is 5.17. The highest BCUT2D eigenvalue weighted by Gasteiger charge is 2.14. The predicted octanol–water partition coefficient (Wildman–Crippen LogP) is 2.97. The van der Waals surface area contributed by atoms with Crippen LogP contribution in [0.4, 0.5) is 0 Å². The van der Waals surface area contributed by atoms with E-state index in [0.29, 0.717) is 5.69 Å². The van der Waals surface area contributed by atoms with E-state index in [1.807, 2.05) is 43.3 Å². The highest BCUT2D eigenvalue weighted by atomic mass is 79.9. The highest BCUT2D eigenvalue weighted by Crippen LogP contribution is 2.23. The summed E-state index contributed by atoms with van der Waals surface area (Å²) < 4.78 is 2.86. The minimum Gasteiger partial charge on any atom is -0.383 e. The Morgan fingerprint density at radius 1 is 1.42 bits per heavy atom. The third-order valence-corrected chi connectivity index (χ3v) is 3.72. The Hall–Kier alpha value is -1.62. The summed E-state index contributed by atoms with van der Waals surface area (Å²) >= 11 is 3.51. The zero-order valence-electron chi connectivity index (χ0n) is 11.4. The van der Waals surface area contributed by atoms with Crippen molar-refractivity contribution in [2.24, 2.45) is 0 Å². The molecule has 0 spiro atoms. The Kier molecular flexibility index (Phi) is 3.75. The molecule has 0 saturated heterocycles. The van der Waals surface area contributed by atoms with E-state index in [1.54, 1.807) is 18.5 Å². The molecule has 19 heavy (non-hydrogen) atoms. The number of rotatable bonds is 3. The van der Waals surface area contributed by atoms with Crippen molar-refractivity contribution in [3.8, 4) is 0 Å². The van der Waals surface area contributed by atoms with E-state index >= 15 is 0 Å². The normalized spacial score (nSPS) is 11.4. The number of imidazole rings is 1. The van der Waals surface area contributed by atoms with E-state index in [4.69, 9.17) is 0 Å². The van der Waals surface area contributed by atoms with Gasteiger partial charge >= 0.3 is 0 Å². The Balaban J connectivity index is 2.60. The molecule has 0 aromatic carbocycles. The summed E-state index contributed by atoms with van der Waals surface area (Å²) in [6, 6.07) is 2.02. The molecular formula is C14H16BrN3O. The molecule has 0 fully saturated rings. The van der Waals surface area contributed by atoms with Crippen molar-refractivity contribution in [1.82, 2.24) is 14.3 Å². The van der Waals surface area contributed by atoms with Gasteiger partial charge in [0.05, 0.1) is 6.20 Å². The summed E-state index contributed by atoms with van der Waals surface area (Å²) in [5.74, 6) is -0.0539. The van der Waals surface area contributed by atoms with Crippen LogP contribution in [0.2, 0.25) is 0 Å². The molecule has 0 N–H and O–H groups in total. The first kappa shape index (κ1) is 13.8. The quantitative estimate of drug-likeness (QED) is 0.644. The fraction of sp³-hybridized carbons (Fsp3) is 0.286. The molecule has 2 rings (SSSR count). The molecule has 2 heterocycles. The number of hydrogen-bond acceptors (Lipinski definition) is 3. The lowest BCUT2D eigenvalue weighted by Gasteiger charge is -2.08. The van der Waals surface area contributed by atoms with Gasteiger partial charge in [0.1, 0.15) is 11.3 Å². The van der Waals surface area contributed by atoms with E-state index in [-0.39, 0.29) is 5.78 Å². The molecule has 2 aromatic rings. The molecule has 0 bridgehead atoms. The van der Waals surface area contributed by atoms with Crippen LogP contribution in [0.15, 0.2) is 29.0 Å². The molecule has 0 saturated carbocycles.